The first kappa shape index (κ1) is 12.9. The molecule has 0 rings (SSSR count). The largest absolute Gasteiger partial charge is 0.330 e. The van der Waals surface area contributed by atoms with Gasteiger partial charge in [0, 0.05) is 5.75 Å². The third-order valence-electron chi connectivity index (χ3n) is 2.42. The lowest BCUT2D eigenvalue weighted by atomic mass is 10.0. The van der Waals surface area contributed by atoms with Gasteiger partial charge in [-0.15, -0.1) is 0 Å². The summed E-state index contributed by atoms with van der Waals surface area (Å²) < 4.78 is 22.3. The van der Waals surface area contributed by atoms with Crippen molar-refractivity contribution in [3.05, 3.63) is 0 Å². The summed E-state index contributed by atoms with van der Waals surface area (Å²) in [4.78, 5) is 0. The fourth-order valence-corrected chi connectivity index (χ4v) is 2.12. The average Bonchev–Trinajstić information content (AvgIpc) is 2.12. The summed E-state index contributed by atoms with van der Waals surface area (Å²) in [5, 5.41) is 0. The molecular weight excluding hydrogens is 186 g/mol. The van der Waals surface area contributed by atoms with Gasteiger partial charge >= 0.3 is 0 Å². The van der Waals surface area contributed by atoms with E-state index in [0.717, 1.165) is 19.3 Å². The average molecular weight is 207 g/mol. The third kappa shape index (κ3) is 6.05. The SMILES string of the molecule is CCC(CN)CCCS(=O)(=O)CC. The number of hydrogen-bond donors (Lipinski definition) is 1. The van der Waals surface area contributed by atoms with E-state index in [0.29, 0.717) is 18.2 Å². The van der Waals surface area contributed by atoms with Gasteiger partial charge in [0.25, 0.3) is 0 Å². The summed E-state index contributed by atoms with van der Waals surface area (Å²) in [6, 6.07) is 0. The zero-order chi connectivity index (χ0) is 10.3. The van der Waals surface area contributed by atoms with Crippen LogP contribution < -0.4 is 5.73 Å². The normalized spacial score (nSPS) is 14.4. The van der Waals surface area contributed by atoms with E-state index >= 15 is 0 Å². The Balaban J connectivity index is 3.67. The zero-order valence-corrected chi connectivity index (χ0v) is 9.44. The standard InChI is InChI=1S/C9H21NO2S/c1-3-9(8-10)6-5-7-13(11,12)4-2/h9H,3-8,10H2,1-2H3. The molecule has 0 radical (unpaired) electrons. The van der Waals surface area contributed by atoms with Crippen molar-refractivity contribution in [2.45, 2.75) is 33.1 Å². The molecule has 0 aliphatic carbocycles. The minimum absolute atomic E-state index is 0.256. The predicted molar refractivity (Wildman–Crippen MR) is 56.4 cm³/mol. The second kappa shape index (κ2) is 6.38. The second-order valence-corrected chi connectivity index (χ2v) is 5.86. The predicted octanol–water partition coefficient (Wildman–Crippen LogP) is 1.19. The van der Waals surface area contributed by atoms with Crippen LogP contribution in [-0.4, -0.2) is 26.5 Å². The molecule has 1 atom stereocenters. The molecule has 0 aliphatic rings. The zero-order valence-electron chi connectivity index (χ0n) is 8.62. The number of sulfone groups is 1. The Labute approximate surface area is 81.6 Å². The highest BCUT2D eigenvalue weighted by Crippen LogP contribution is 2.10. The first-order valence-corrected chi connectivity index (χ1v) is 6.78. The number of hydrogen-bond acceptors (Lipinski definition) is 3. The lowest BCUT2D eigenvalue weighted by molar-refractivity contribution is 0.474. The van der Waals surface area contributed by atoms with Crippen LogP contribution in [0.2, 0.25) is 0 Å². The van der Waals surface area contributed by atoms with Gasteiger partial charge in [-0.05, 0) is 25.3 Å². The van der Waals surface area contributed by atoms with Crippen molar-refractivity contribution < 1.29 is 8.42 Å². The molecule has 13 heavy (non-hydrogen) atoms. The molecule has 3 nitrogen and oxygen atoms in total. The third-order valence-corrected chi connectivity index (χ3v) is 4.21. The maximum Gasteiger partial charge on any atom is 0.150 e. The van der Waals surface area contributed by atoms with Gasteiger partial charge in [0.15, 0.2) is 0 Å². The van der Waals surface area contributed by atoms with E-state index in [1.807, 2.05) is 0 Å². The van der Waals surface area contributed by atoms with Gasteiger partial charge in [-0.25, -0.2) is 8.42 Å². The minimum atomic E-state index is -2.77. The molecule has 4 heteroatoms. The fourth-order valence-electron chi connectivity index (χ4n) is 1.22. The van der Waals surface area contributed by atoms with Crippen molar-refractivity contribution in [1.29, 1.82) is 0 Å². The minimum Gasteiger partial charge on any atom is -0.330 e. The van der Waals surface area contributed by atoms with E-state index < -0.39 is 9.84 Å². The van der Waals surface area contributed by atoms with Crippen molar-refractivity contribution in [2.75, 3.05) is 18.1 Å². The Bertz CT molecular complexity index is 208. The lowest BCUT2D eigenvalue weighted by Crippen LogP contribution is -2.15. The summed E-state index contributed by atoms with van der Waals surface area (Å²) in [5.41, 5.74) is 5.52. The highest BCUT2D eigenvalue weighted by Gasteiger charge is 2.09. The molecule has 0 aromatic carbocycles. The Morgan fingerprint density at radius 1 is 1.31 bits per heavy atom. The van der Waals surface area contributed by atoms with Crippen LogP contribution in [-0.2, 0) is 9.84 Å². The van der Waals surface area contributed by atoms with Gasteiger partial charge in [0.2, 0.25) is 0 Å². The first-order valence-electron chi connectivity index (χ1n) is 4.96. The summed E-state index contributed by atoms with van der Waals surface area (Å²) in [7, 11) is -2.77. The number of nitrogens with two attached hydrogens (primary N) is 1. The molecule has 1 unspecified atom stereocenters. The molecule has 0 saturated carbocycles. The molecule has 0 amide bonds. The van der Waals surface area contributed by atoms with Crippen molar-refractivity contribution in [2.24, 2.45) is 11.7 Å². The molecule has 0 bridgehead atoms. The van der Waals surface area contributed by atoms with E-state index in [-0.39, 0.29) is 5.75 Å². The molecule has 0 aromatic rings. The Kier molecular flexibility index (Phi) is 6.33. The van der Waals surface area contributed by atoms with Crippen LogP contribution in [0.15, 0.2) is 0 Å². The smallest absolute Gasteiger partial charge is 0.150 e. The van der Waals surface area contributed by atoms with Gasteiger partial charge in [0.1, 0.15) is 9.84 Å². The van der Waals surface area contributed by atoms with Gasteiger partial charge in [-0.2, -0.15) is 0 Å². The second-order valence-electron chi connectivity index (χ2n) is 3.39. The maximum atomic E-state index is 11.1. The van der Waals surface area contributed by atoms with Gasteiger partial charge in [-0.1, -0.05) is 20.3 Å². The van der Waals surface area contributed by atoms with Gasteiger partial charge in [-0.3, -0.25) is 0 Å². The molecule has 0 heterocycles. The highest BCUT2D eigenvalue weighted by molar-refractivity contribution is 7.91. The summed E-state index contributed by atoms with van der Waals surface area (Å²) in [5.74, 6) is 1.07. The van der Waals surface area contributed by atoms with E-state index in [2.05, 4.69) is 6.92 Å². The van der Waals surface area contributed by atoms with Crippen LogP contribution in [0, 0.1) is 5.92 Å². The van der Waals surface area contributed by atoms with E-state index in [9.17, 15) is 8.42 Å². The van der Waals surface area contributed by atoms with Crippen LogP contribution >= 0.6 is 0 Å². The molecule has 0 fully saturated rings. The van der Waals surface area contributed by atoms with Crippen LogP contribution in [0.3, 0.4) is 0 Å². The molecule has 80 valence electrons. The monoisotopic (exact) mass is 207 g/mol. The summed E-state index contributed by atoms with van der Waals surface area (Å²) in [6.45, 7) is 4.45. The Hall–Kier alpha value is -0.0900. The molecule has 0 spiro atoms. The van der Waals surface area contributed by atoms with Crippen LogP contribution in [0.4, 0.5) is 0 Å². The topological polar surface area (TPSA) is 60.2 Å². The lowest BCUT2D eigenvalue weighted by Gasteiger charge is -2.10. The molecule has 0 aliphatic heterocycles. The van der Waals surface area contributed by atoms with E-state index in [4.69, 9.17) is 5.73 Å². The highest BCUT2D eigenvalue weighted by atomic mass is 32.2. The van der Waals surface area contributed by atoms with Gasteiger partial charge < -0.3 is 5.73 Å². The van der Waals surface area contributed by atoms with Crippen molar-refractivity contribution >= 4 is 9.84 Å². The summed E-state index contributed by atoms with van der Waals surface area (Å²) >= 11 is 0. The molecule has 0 saturated heterocycles. The fraction of sp³-hybridized carbons (Fsp3) is 1.00. The van der Waals surface area contributed by atoms with Crippen molar-refractivity contribution in [3.8, 4) is 0 Å². The van der Waals surface area contributed by atoms with E-state index in [1.165, 1.54) is 0 Å². The number of rotatable bonds is 7. The summed E-state index contributed by atoms with van der Waals surface area (Å²) in [6.07, 6.45) is 2.74. The molecular formula is C9H21NO2S. The van der Waals surface area contributed by atoms with E-state index in [1.54, 1.807) is 6.92 Å². The van der Waals surface area contributed by atoms with Crippen LogP contribution in [0.25, 0.3) is 0 Å². The van der Waals surface area contributed by atoms with Crippen LogP contribution in [0.5, 0.6) is 0 Å². The first-order chi connectivity index (χ1) is 6.05. The molecule has 0 aromatic heterocycles. The van der Waals surface area contributed by atoms with Crippen molar-refractivity contribution in [1.82, 2.24) is 0 Å². The van der Waals surface area contributed by atoms with Crippen molar-refractivity contribution in [3.63, 3.8) is 0 Å². The van der Waals surface area contributed by atoms with Gasteiger partial charge in [0.05, 0.1) is 5.75 Å². The molecule has 2 N–H and O–H groups in total. The maximum absolute atomic E-state index is 11.1. The Morgan fingerprint density at radius 2 is 1.92 bits per heavy atom. The quantitative estimate of drug-likeness (QED) is 0.682. The Morgan fingerprint density at radius 3 is 2.31 bits per heavy atom. The van der Waals surface area contributed by atoms with Crippen LogP contribution in [0.1, 0.15) is 33.1 Å².